The second kappa shape index (κ2) is 7.19. The quantitative estimate of drug-likeness (QED) is 0.725. The molecule has 21 heavy (non-hydrogen) atoms. The van der Waals surface area contributed by atoms with E-state index in [2.05, 4.69) is 0 Å². The summed E-state index contributed by atoms with van der Waals surface area (Å²) >= 11 is 0. The number of aliphatic hydroxyl groups is 2. The van der Waals surface area contributed by atoms with Crippen molar-refractivity contribution < 1.29 is 19.8 Å². The van der Waals surface area contributed by atoms with Gasteiger partial charge in [-0.15, -0.1) is 0 Å². The molecule has 0 aliphatic carbocycles. The zero-order valence-corrected chi connectivity index (χ0v) is 11.9. The van der Waals surface area contributed by atoms with Crippen molar-refractivity contribution in [1.82, 2.24) is 9.80 Å². The fraction of sp³-hybridized carbons (Fsp3) is 0.467. The monoisotopic (exact) mass is 292 g/mol. The van der Waals surface area contributed by atoms with E-state index in [0.717, 1.165) is 12.0 Å². The number of aliphatic hydroxyl groups excluding tert-OH is 2. The standard InChI is InChI=1S/C15H20N2O4/c18-9-7-16(8-10-19)14(20)15(21)17-6-5-12-3-1-2-4-13(12)11-17/h1-4,18-19H,5-11H2. The van der Waals surface area contributed by atoms with Gasteiger partial charge in [-0.3, -0.25) is 9.59 Å². The van der Waals surface area contributed by atoms with E-state index in [4.69, 9.17) is 10.2 Å². The van der Waals surface area contributed by atoms with Crippen LogP contribution in [0.5, 0.6) is 0 Å². The molecule has 2 N–H and O–H groups in total. The number of hydrogen-bond acceptors (Lipinski definition) is 4. The average molecular weight is 292 g/mol. The molecule has 1 aliphatic rings. The van der Waals surface area contributed by atoms with Gasteiger partial charge in [0.05, 0.1) is 13.2 Å². The number of carbonyl (C=O) groups excluding carboxylic acids is 2. The first kappa shape index (κ1) is 15.5. The molecular formula is C15H20N2O4. The number of amides is 2. The van der Waals surface area contributed by atoms with E-state index in [1.807, 2.05) is 24.3 Å². The highest BCUT2D eigenvalue weighted by atomic mass is 16.3. The first-order valence-electron chi connectivity index (χ1n) is 7.04. The lowest BCUT2D eigenvalue weighted by Gasteiger charge is -2.30. The van der Waals surface area contributed by atoms with Gasteiger partial charge in [-0.2, -0.15) is 0 Å². The molecule has 1 aliphatic heterocycles. The number of benzene rings is 1. The van der Waals surface area contributed by atoms with Crippen LogP contribution in [0.25, 0.3) is 0 Å². The average Bonchev–Trinajstić information content (AvgIpc) is 2.53. The summed E-state index contributed by atoms with van der Waals surface area (Å²) in [5.41, 5.74) is 2.26. The van der Waals surface area contributed by atoms with E-state index in [9.17, 15) is 9.59 Å². The lowest BCUT2D eigenvalue weighted by molar-refractivity contribution is -0.152. The summed E-state index contributed by atoms with van der Waals surface area (Å²) in [6.45, 7) is 0.565. The molecule has 0 bridgehead atoms. The molecule has 6 nitrogen and oxygen atoms in total. The Labute approximate surface area is 123 Å². The van der Waals surface area contributed by atoms with Crippen LogP contribution in [0, 0.1) is 0 Å². The van der Waals surface area contributed by atoms with Crippen LogP contribution in [-0.4, -0.2) is 64.7 Å². The largest absolute Gasteiger partial charge is 0.395 e. The molecule has 2 rings (SSSR count). The van der Waals surface area contributed by atoms with Crippen molar-refractivity contribution in [2.45, 2.75) is 13.0 Å². The van der Waals surface area contributed by atoms with Gasteiger partial charge in [-0.25, -0.2) is 0 Å². The molecule has 1 aromatic rings. The minimum absolute atomic E-state index is 0.0512. The molecule has 0 saturated heterocycles. The number of fused-ring (bicyclic) bond motifs is 1. The zero-order valence-electron chi connectivity index (χ0n) is 11.9. The van der Waals surface area contributed by atoms with E-state index in [1.165, 1.54) is 15.4 Å². The third-order valence-corrected chi connectivity index (χ3v) is 3.63. The first-order valence-corrected chi connectivity index (χ1v) is 7.04. The minimum Gasteiger partial charge on any atom is -0.395 e. The van der Waals surface area contributed by atoms with Crippen molar-refractivity contribution in [2.24, 2.45) is 0 Å². The smallest absolute Gasteiger partial charge is 0.312 e. The summed E-state index contributed by atoms with van der Waals surface area (Å²) in [5, 5.41) is 17.9. The van der Waals surface area contributed by atoms with Crippen LogP contribution < -0.4 is 0 Å². The molecule has 0 spiro atoms. The van der Waals surface area contributed by atoms with E-state index < -0.39 is 11.8 Å². The van der Waals surface area contributed by atoms with Crippen molar-refractivity contribution in [3.8, 4) is 0 Å². The van der Waals surface area contributed by atoms with Gasteiger partial charge >= 0.3 is 11.8 Å². The maximum Gasteiger partial charge on any atom is 0.312 e. The highest BCUT2D eigenvalue weighted by Gasteiger charge is 2.28. The number of nitrogens with zero attached hydrogens (tertiary/aromatic N) is 2. The van der Waals surface area contributed by atoms with E-state index in [0.29, 0.717) is 13.1 Å². The molecule has 2 amide bonds. The van der Waals surface area contributed by atoms with Gasteiger partial charge < -0.3 is 20.0 Å². The second-order valence-electron chi connectivity index (χ2n) is 4.98. The van der Waals surface area contributed by atoms with Gasteiger partial charge in [-0.1, -0.05) is 24.3 Å². The van der Waals surface area contributed by atoms with Crippen molar-refractivity contribution in [1.29, 1.82) is 0 Å². The topological polar surface area (TPSA) is 81.1 Å². The Hall–Kier alpha value is -1.92. The van der Waals surface area contributed by atoms with Gasteiger partial charge in [0.15, 0.2) is 0 Å². The Morgan fingerprint density at radius 2 is 1.71 bits per heavy atom. The van der Waals surface area contributed by atoms with Crippen LogP contribution >= 0.6 is 0 Å². The SMILES string of the molecule is O=C(C(=O)N1CCc2ccccc2C1)N(CCO)CCO. The van der Waals surface area contributed by atoms with Gasteiger partial charge in [0.2, 0.25) is 0 Å². The summed E-state index contributed by atoms with van der Waals surface area (Å²) in [6, 6.07) is 7.87. The van der Waals surface area contributed by atoms with Crippen LogP contribution in [0.15, 0.2) is 24.3 Å². The summed E-state index contributed by atoms with van der Waals surface area (Å²) in [6.07, 6.45) is 0.731. The van der Waals surface area contributed by atoms with Crippen LogP contribution in [-0.2, 0) is 22.6 Å². The Kier molecular flexibility index (Phi) is 5.30. The molecule has 0 unspecified atom stereocenters. The Bertz CT molecular complexity index is 512. The fourth-order valence-corrected chi connectivity index (χ4v) is 2.50. The Morgan fingerprint density at radius 1 is 1.10 bits per heavy atom. The van der Waals surface area contributed by atoms with E-state index >= 15 is 0 Å². The van der Waals surface area contributed by atoms with E-state index in [1.54, 1.807) is 0 Å². The van der Waals surface area contributed by atoms with Crippen LogP contribution in [0.4, 0.5) is 0 Å². The Morgan fingerprint density at radius 3 is 2.33 bits per heavy atom. The van der Waals surface area contributed by atoms with Crippen molar-refractivity contribution >= 4 is 11.8 Å². The molecule has 0 radical (unpaired) electrons. The van der Waals surface area contributed by atoms with Gasteiger partial charge in [0.1, 0.15) is 0 Å². The molecular weight excluding hydrogens is 272 g/mol. The predicted octanol–water partition coefficient (Wildman–Crippen LogP) is -0.615. The van der Waals surface area contributed by atoms with Crippen LogP contribution in [0.3, 0.4) is 0 Å². The van der Waals surface area contributed by atoms with E-state index in [-0.39, 0.29) is 26.3 Å². The summed E-state index contributed by atoms with van der Waals surface area (Å²) in [4.78, 5) is 27.1. The Balaban J connectivity index is 2.05. The summed E-state index contributed by atoms with van der Waals surface area (Å²) in [5.74, 6) is -1.25. The predicted molar refractivity (Wildman–Crippen MR) is 76.3 cm³/mol. The molecule has 0 fully saturated rings. The normalized spacial score (nSPS) is 13.7. The van der Waals surface area contributed by atoms with Crippen LogP contribution in [0.1, 0.15) is 11.1 Å². The lowest BCUT2D eigenvalue weighted by atomic mass is 10.00. The third kappa shape index (κ3) is 3.59. The second-order valence-corrected chi connectivity index (χ2v) is 4.98. The molecule has 0 atom stereocenters. The van der Waals surface area contributed by atoms with Crippen molar-refractivity contribution in [2.75, 3.05) is 32.8 Å². The van der Waals surface area contributed by atoms with Gasteiger partial charge in [0, 0.05) is 26.2 Å². The van der Waals surface area contributed by atoms with Gasteiger partial charge in [0.25, 0.3) is 0 Å². The van der Waals surface area contributed by atoms with Crippen molar-refractivity contribution in [3.05, 3.63) is 35.4 Å². The summed E-state index contributed by atoms with van der Waals surface area (Å²) in [7, 11) is 0. The maximum absolute atomic E-state index is 12.3. The van der Waals surface area contributed by atoms with Crippen LogP contribution in [0.2, 0.25) is 0 Å². The molecule has 0 saturated carbocycles. The zero-order chi connectivity index (χ0) is 15.2. The van der Waals surface area contributed by atoms with Gasteiger partial charge in [-0.05, 0) is 17.5 Å². The first-order chi connectivity index (χ1) is 10.2. The summed E-state index contributed by atoms with van der Waals surface area (Å²) < 4.78 is 0. The number of hydrogen-bond donors (Lipinski definition) is 2. The molecule has 114 valence electrons. The molecule has 0 aromatic heterocycles. The fourth-order valence-electron chi connectivity index (χ4n) is 2.50. The van der Waals surface area contributed by atoms with Crippen molar-refractivity contribution in [3.63, 3.8) is 0 Å². The molecule has 1 heterocycles. The lowest BCUT2D eigenvalue weighted by Crippen LogP contribution is -2.48. The molecule has 1 aromatic carbocycles. The highest BCUT2D eigenvalue weighted by molar-refractivity contribution is 6.34. The third-order valence-electron chi connectivity index (χ3n) is 3.63. The molecule has 6 heteroatoms. The minimum atomic E-state index is -0.669. The maximum atomic E-state index is 12.3. The number of rotatable bonds is 4. The highest BCUT2D eigenvalue weighted by Crippen LogP contribution is 2.18. The number of carbonyl (C=O) groups is 2.